The van der Waals surface area contributed by atoms with Gasteiger partial charge in [-0.3, -0.25) is 4.79 Å². The van der Waals surface area contributed by atoms with Gasteiger partial charge in [-0.2, -0.15) is 5.10 Å². The third-order valence-electron chi connectivity index (χ3n) is 4.35. The van der Waals surface area contributed by atoms with Crippen LogP contribution < -0.4 is 0 Å². The number of allylic oxidation sites excluding steroid dienone is 1. The Kier molecular flexibility index (Phi) is 5.18. The molecule has 0 saturated heterocycles. The van der Waals surface area contributed by atoms with E-state index in [0.717, 1.165) is 22.5 Å². The standard InChI is InChI=1S/C24H17ClN2O/c25-21-14-11-19(12-15-21)24-20(13-16-23(28)18-7-3-1-4-8-18)17-27(26-24)22-9-5-2-6-10-22/h1-17H/b16-13+. The molecule has 4 aromatic rings. The van der Waals surface area contributed by atoms with E-state index in [9.17, 15) is 4.79 Å². The molecular formula is C24H17ClN2O. The SMILES string of the molecule is O=C(/C=C/c1cn(-c2ccccc2)nc1-c1ccc(Cl)cc1)c1ccccc1. The zero-order valence-corrected chi connectivity index (χ0v) is 15.8. The Bertz CT molecular complexity index is 1110. The van der Waals surface area contributed by atoms with Gasteiger partial charge in [0.15, 0.2) is 5.78 Å². The van der Waals surface area contributed by atoms with Gasteiger partial charge in [0.25, 0.3) is 0 Å². The minimum atomic E-state index is -0.0462. The van der Waals surface area contributed by atoms with Crippen LogP contribution in [0.1, 0.15) is 15.9 Å². The van der Waals surface area contributed by atoms with Crippen LogP contribution in [0.3, 0.4) is 0 Å². The molecular weight excluding hydrogens is 368 g/mol. The first-order valence-electron chi connectivity index (χ1n) is 8.89. The van der Waals surface area contributed by atoms with E-state index < -0.39 is 0 Å². The molecule has 0 radical (unpaired) electrons. The van der Waals surface area contributed by atoms with Crippen molar-refractivity contribution in [2.75, 3.05) is 0 Å². The van der Waals surface area contributed by atoms with Gasteiger partial charge in [-0.1, -0.05) is 72.3 Å². The minimum absolute atomic E-state index is 0.0462. The highest BCUT2D eigenvalue weighted by molar-refractivity contribution is 6.30. The summed E-state index contributed by atoms with van der Waals surface area (Å²) in [6, 6.07) is 26.6. The maximum atomic E-state index is 12.5. The van der Waals surface area contributed by atoms with Crippen molar-refractivity contribution in [3.63, 3.8) is 0 Å². The number of benzene rings is 3. The van der Waals surface area contributed by atoms with E-state index in [1.807, 2.05) is 89.8 Å². The van der Waals surface area contributed by atoms with E-state index in [4.69, 9.17) is 16.7 Å². The summed E-state index contributed by atoms with van der Waals surface area (Å²) < 4.78 is 1.82. The second-order valence-electron chi connectivity index (χ2n) is 6.28. The summed E-state index contributed by atoms with van der Waals surface area (Å²) in [6.45, 7) is 0. The van der Waals surface area contributed by atoms with Gasteiger partial charge in [-0.15, -0.1) is 0 Å². The Labute approximate surface area is 168 Å². The van der Waals surface area contributed by atoms with E-state index in [-0.39, 0.29) is 5.78 Å². The molecule has 0 aliphatic heterocycles. The smallest absolute Gasteiger partial charge is 0.185 e. The number of hydrogen-bond acceptors (Lipinski definition) is 2. The molecule has 0 atom stereocenters. The van der Waals surface area contributed by atoms with Crippen LogP contribution in [0.15, 0.2) is 97.2 Å². The highest BCUT2D eigenvalue weighted by Gasteiger charge is 2.11. The van der Waals surface area contributed by atoms with Crippen molar-refractivity contribution in [1.29, 1.82) is 0 Å². The molecule has 0 unspecified atom stereocenters. The van der Waals surface area contributed by atoms with E-state index in [0.29, 0.717) is 10.6 Å². The second kappa shape index (κ2) is 8.07. The van der Waals surface area contributed by atoms with E-state index in [2.05, 4.69) is 0 Å². The number of carbonyl (C=O) groups is 1. The second-order valence-corrected chi connectivity index (χ2v) is 6.72. The lowest BCUT2D eigenvalue weighted by molar-refractivity contribution is 0.104. The maximum Gasteiger partial charge on any atom is 0.185 e. The van der Waals surface area contributed by atoms with Gasteiger partial charge in [-0.05, 0) is 36.4 Å². The monoisotopic (exact) mass is 384 g/mol. The van der Waals surface area contributed by atoms with E-state index in [1.165, 1.54) is 0 Å². The van der Waals surface area contributed by atoms with Crippen molar-refractivity contribution in [2.45, 2.75) is 0 Å². The fourth-order valence-electron chi connectivity index (χ4n) is 2.92. The van der Waals surface area contributed by atoms with Crippen molar-refractivity contribution < 1.29 is 4.79 Å². The van der Waals surface area contributed by atoms with Crippen LogP contribution in [-0.4, -0.2) is 15.6 Å². The summed E-state index contributed by atoms with van der Waals surface area (Å²) in [5, 5.41) is 5.41. The lowest BCUT2D eigenvalue weighted by Crippen LogP contribution is -1.93. The van der Waals surface area contributed by atoms with Gasteiger partial charge in [0.05, 0.1) is 11.4 Å². The summed E-state index contributed by atoms with van der Waals surface area (Å²) in [6.07, 6.45) is 5.32. The molecule has 4 heteroatoms. The van der Waals surface area contributed by atoms with Crippen LogP contribution >= 0.6 is 11.6 Å². The molecule has 3 nitrogen and oxygen atoms in total. The molecule has 0 aliphatic rings. The number of hydrogen-bond donors (Lipinski definition) is 0. The van der Waals surface area contributed by atoms with Crippen LogP contribution in [0.5, 0.6) is 0 Å². The number of aromatic nitrogens is 2. The zero-order valence-electron chi connectivity index (χ0n) is 15.0. The molecule has 136 valence electrons. The van der Waals surface area contributed by atoms with Crippen LogP contribution in [0.4, 0.5) is 0 Å². The lowest BCUT2D eigenvalue weighted by atomic mass is 10.1. The zero-order chi connectivity index (χ0) is 19.3. The molecule has 0 fully saturated rings. The van der Waals surface area contributed by atoms with Crippen LogP contribution in [0.2, 0.25) is 5.02 Å². The highest BCUT2D eigenvalue weighted by Crippen LogP contribution is 2.26. The topological polar surface area (TPSA) is 34.9 Å². The molecule has 0 amide bonds. The first-order chi connectivity index (χ1) is 13.7. The van der Waals surface area contributed by atoms with Crippen molar-refractivity contribution in [3.8, 4) is 16.9 Å². The van der Waals surface area contributed by atoms with Crippen LogP contribution in [0.25, 0.3) is 23.0 Å². The molecule has 28 heavy (non-hydrogen) atoms. The molecule has 0 N–H and O–H groups in total. The quantitative estimate of drug-likeness (QED) is 0.308. The van der Waals surface area contributed by atoms with Gasteiger partial charge in [0, 0.05) is 27.9 Å². The summed E-state index contributed by atoms with van der Waals surface area (Å²) >= 11 is 6.03. The largest absolute Gasteiger partial charge is 0.289 e. The van der Waals surface area contributed by atoms with Crippen molar-refractivity contribution >= 4 is 23.5 Å². The normalized spacial score (nSPS) is 11.0. The summed E-state index contributed by atoms with van der Waals surface area (Å²) in [7, 11) is 0. The van der Waals surface area contributed by atoms with Crippen LogP contribution in [-0.2, 0) is 0 Å². The molecule has 0 bridgehead atoms. The number of para-hydroxylation sites is 1. The first kappa shape index (κ1) is 18.0. The molecule has 3 aromatic carbocycles. The van der Waals surface area contributed by atoms with Gasteiger partial charge in [0.2, 0.25) is 0 Å². The average molecular weight is 385 g/mol. The maximum absolute atomic E-state index is 12.5. The van der Waals surface area contributed by atoms with Crippen molar-refractivity contribution in [2.24, 2.45) is 0 Å². The van der Waals surface area contributed by atoms with Gasteiger partial charge in [0.1, 0.15) is 0 Å². The van der Waals surface area contributed by atoms with Crippen molar-refractivity contribution in [3.05, 3.63) is 113 Å². The Balaban J connectivity index is 1.74. The first-order valence-corrected chi connectivity index (χ1v) is 9.27. The average Bonchev–Trinajstić information content (AvgIpc) is 3.18. The Hall–Kier alpha value is -3.43. The van der Waals surface area contributed by atoms with Crippen LogP contribution in [0, 0.1) is 0 Å². The van der Waals surface area contributed by atoms with E-state index >= 15 is 0 Å². The molecule has 0 spiro atoms. The number of rotatable bonds is 5. The summed E-state index contributed by atoms with van der Waals surface area (Å²) in [5.74, 6) is -0.0462. The molecule has 0 saturated carbocycles. The fraction of sp³-hybridized carbons (Fsp3) is 0. The molecule has 1 aromatic heterocycles. The molecule has 4 rings (SSSR count). The van der Waals surface area contributed by atoms with Crippen molar-refractivity contribution in [1.82, 2.24) is 9.78 Å². The third-order valence-corrected chi connectivity index (χ3v) is 4.61. The summed E-state index contributed by atoms with van der Waals surface area (Å²) in [5.41, 5.74) is 4.19. The number of ketones is 1. The number of carbonyl (C=O) groups excluding carboxylic acids is 1. The Morgan fingerprint density at radius 2 is 1.50 bits per heavy atom. The predicted octanol–water partition coefficient (Wildman–Crippen LogP) is 6.09. The fourth-order valence-corrected chi connectivity index (χ4v) is 3.04. The van der Waals surface area contributed by atoms with Gasteiger partial charge in [-0.25, -0.2) is 4.68 Å². The Morgan fingerprint density at radius 1 is 0.857 bits per heavy atom. The van der Waals surface area contributed by atoms with E-state index in [1.54, 1.807) is 18.2 Å². The van der Waals surface area contributed by atoms with Gasteiger partial charge < -0.3 is 0 Å². The number of nitrogens with zero attached hydrogens (tertiary/aromatic N) is 2. The predicted molar refractivity (Wildman–Crippen MR) is 114 cm³/mol. The lowest BCUT2D eigenvalue weighted by Gasteiger charge is -2.00. The molecule has 0 aliphatic carbocycles. The highest BCUT2D eigenvalue weighted by atomic mass is 35.5. The Morgan fingerprint density at radius 3 is 2.18 bits per heavy atom. The number of halogens is 1. The van der Waals surface area contributed by atoms with Gasteiger partial charge >= 0.3 is 0 Å². The summed E-state index contributed by atoms with van der Waals surface area (Å²) in [4.78, 5) is 12.5. The molecule has 1 heterocycles. The third kappa shape index (κ3) is 3.95. The minimum Gasteiger partial charge on any atom is -0.289 e.